The summed E-state index contributed by atoms with van der Waals surface area (Å²) in [5, 5.41) is 6.16. The zero-order valence-electron chi connectivity index (χ0n) is 17.9. The fourth-order valence-electron chi connectivity index (χ4n) is 3.26. The molecule has 0 unspecified atom stereocenters. The average molecular weight is 422 g/mol. The van der Waals surface area contributed by atoms with Crippen LogP contribution in [0.5, 0.6) is 5.75 Å². The number of nitrogens with one attached hydrogen (secondary N) is 3. The molecular weight excluding hydrogens is 394 g/mol. The molecule has 0 saturated heterocycles. The van der Waals surface area contributed by atoms with Crippen LogP contribution in [0.4, 0.5) is 11.5 Å². The van der Waals surface area contributed by atoms with E-state index in [0.717, 1.165) is 33.8 Å². The Hall–Kier alpha value is -3.81. The van der Waals surface area contributed by atoms with Crippen LogP contribution in [0.2, 0.25) is 0 Å². The highest BCUT2D eigenvalue weighted by Gasteiger charge is 2.14. The van der Waals surface area contributed by atoms with Gasteiger partial charge >= 0.3 is 0 Å². The molecule has 8 heteroatoms. The number of anilines is 2. The lowest BCUT2D eigenvalue weighted by atomic mass is 10.1. The monoisotopic (exact) mass is 421 g/mol. The second kappa shape index (κ2) is 9.80. The first-order valence-corrected chi connectivity index (χ1v) is 9.94. The number of amides is 1. The van der Waals surface area contributed by atoms with Crippen LogP contribution in [0, 0.1) is 13.8 Å². The molecular formula is C23H27N5O3. The first kappa shape index (κ1) is 21.9. The van der Waals surface area contributed by atoms with Crippen molar-refractivity contribution < 1.29 is 9.53 Å². The summed E-state index contributed by atoms with van der Waals surface area (Å²) in [7, 11) is 1.63. The average Bonchev–Trinajstić information content (AvgIpc) is 2.75. The van der Waals surface area contributed by atoms with Gasteiger partial charge in [0.2, 0.25) is 5.91 Å². The van der Waals surface area contributed by atoms with E-state index >= 15 is 0 Å². The van der Waals surface area contributed by atoms with E-state index in [4.69, 9.17) is 10.5 Å². The number of aromatic amines is 1. The number of nitrogen functional groups attached to an aromatic ring is 1. The quantitative estimate of drug-likeness (QED) is 0.443. The Morgan fingerprint density at radius 1 is 1.19 bits per heavy atom. The van der Waals surface area contributed by atoms with E-state index in [9.17, 15) is 9.59 Å². The summed E-state index contributed by atoms with van der Waals surface area (Å²) in [5.74, 6) is 0.976. The maximum absolute atomic E-state index is 12.5. The second-order valence-corrected chi connectivity index (χ2v) is 7.27. The number of nitrogens with two attached hydrogens (primary N) is 1. The number of carbonyl (C=O) groups is 1. The summed E-state index contributed by atoms with van der Waals surface area (Å²) in [6.07, 6.45) is 1.61. The highest BCUT2D eigenvalue weighted by Crippen LogP contribution is 2.18. The van der Waals surface area contributed by atoms with Crippen molar-refractivity contribution in [3.05, 3.63) is 80.9 Å². The topological polar surface area (TPSA) is 122 Å². The molecule has 0 fully saturated rings. The van der Waals surface area contributed by atoms with Gasteiger partial charge in [-0.2, -0.15) is 0 Å². The van der Waals surface area contributed by atoms with Crippen molar-refractivity contribution in [3.8, 4) is 5.75 Å². The van der Waals surface area contributed by atoms with E-state index < -0.39 is 0 Å². The number of aryl methyl sites for hydroxylation is 1. The molecule has 0 bridgehead atoms. The summed E-state index contributed by atoms with van der Waals surface area (Å²) in [4.78, 5) is 31.7. The van der Waals surface area contributed by atoms with E-state index in [1.54, 1.807) is 19.4 Å². The summed E-state index contributed by atoms with van der Waals surface area (Å²) >= 11 is 0. The lowest BCUT2D eigenvalue weighted by molar-refractivity contribution is -0.120. The molecule has 0 atom stereocenters. The van der Waals surface area contributed by atoms with E-state index in [1.807, 2.05) is 44.2 Å². The Morgan fingerprint density at radius 2 is 2.00 bits per heavy atom. The number of carbonyl (C=O) groups excluding carboxylic acids is 1. The molecule has 8 nitrogen and oxygen atoms in total. The van der Waals surface area contributed by atoms with Crippen molar-refractivity contribution in [1.82, 2.24) is 15.3 Å². The third-order valence-electron chi connectivity index (χ3n) is 5.13. The van der Waals surface area contributed by atoms with Crippen molar-refractivity contribution in [1.29, 1.82) is 0 Å². The van der Waals surface area contributed by atoms with Crippen molar-refractivity contribution in [2.75, 3.05) is 18.2 Å². The minimum absolute atomic E-state index is 0.0166. The molecule has 0 radical (unpaired) electrons. The number of ether oxygens (including phenoxy) is 1. The van der Waals surface area contributed by atoms with Crippen LogP contribution < -0.4 is 26.7 Å². The van der Waals surface area contributed by atoms with Crippen LogP contribution in [-0.2, 0) is 24.3 Å². The van der Waals surface area contributed by atoms with E-state index in [0.29, 0.717) is 24.5 Å². The molecule has 0 aliphatic rings. The zero-order valence-corrected chi connectivity index (χ0v) is 17.9. The van der Waals surface area contributed by atoms with Crippen LogP contribution in [0.1, 0.15) is 27.9 Å². The molecule has 2 aromatic heterocycles. The third-order valence-corrected chi connectivity index (χ3v) is 5.13. The van der Waals surface area contributed by atoms with Crippen LogP contribution in [-0.4, -0.2) is 23.0 Å². The summed E-state index contributed by atoms with van der Waals surface area (Å²) in [5.41, 5.74) is 10.0. The highest BCUT2D eigenvalue weighted by atomic mass is 16.5. The number of hydrogen-bond donors (Lipinski definition) is 4. The van der Waals surface area contributed by atoms with Crippen molar-refractivity contribution in [2.24, 2.45) is 0 Å². The number of H-pyrrole nitrogens is 1. The normalized spacial score (nSPS) is 10.5. The second-order valence-electron chi connectivity index (χ2n) is 7.27. The van der Waals surface area contributed by atoms with Crippen LogP contribution >= 0.6 is 0 Å². The zero-order chi connectivity index (χ0) is 22.4. The minimum Gasteiger partial charge on any atom is -0.497 e. The molecule has 3 aromatic rings. The predicted molar refractivity (Wildman–Crippen MR) is 121 cm³/mol. The Labute approximate surface area is 180 Å². The third kappa shape index (κ3) is 5.63. The first-order valence-electron chi connectivity index (χ1n) is 9.94. The van der Waals surface area contributed by atoms with Gasteiger partial charge < -0.3 is 26.1 Å². The van der Waals surface area contributed by atoms with Gasteiger partial charge in [0, 0.05) is 30.5 Å². The van der Waals surface area contributed by atoms with E-state index in [2.05, 4.69) is 20.6 Å². The fourth-order valence-corrected chi connectivity index (χ4v) is 3.26. The van der Waals surface area contributed by atoms with E-state index in [-0.39, 0.29) is 17.9 Å². The van der Waals surface area contributed by atoms with Crippen molar-refractivity contribution in [3.63, 3.8) is 0 Å². The van der Waals surface area contributed by atoms with Gasteiger partial charge in [0.25, 0.3) is 5.56 Å². The van der Waals surface area contributed by atoms with Gasteiger partial charge in [0.1, 0.15) is 11.6 Å². The lowest BCUT2D eigenvalue weighted by Gasteiger charge is -2.13. The smallest absolute Gasteiger partial charge is 0.252 e. The van der Waals surface area contributed by atoms with Crippen LogP contribution in [0.15, 0.2) is 47.4 Å². The van der Waals surface area contributed by atoms with E-state index in [1.165, 1.54) is 0 Å². The van der Waals surface area contributed by atoms with Gasteiger partial charge in [-0.25, -0.2) is 4.98 Å². The number of pyridine rings is 2. The number of methoxy groups -OCH3 is 1. The molecule has 1 amide bonds. The predicted octanol–water partition coefficient (Wildman–Crippen LogP) is 2.45. The van der Waals surface area contributed by atoms with Crippen LogP contribution in [0.3, 0.4) is 0 Å². The Morgan fingerprint density at radius 3 is 2.74 bits per heavy atom. The molecule has 1 aromatic carbocycles. The molecule has 162 valence electrons. The molecule has 2 heterocycles. The standard InChI is InChI=1S/C23H27N5O3/c1-14-19(10-22(29)26-12-17-7-8-21(24)28-15(17)2)23(30)27-13-20(14)25-11-16-5-4-6-18(9-16)31-3/h4-9,13,25H,10-12H2,1-3H3,(H2,24,28)(H,26,29)(H,27,30). The van der Waals surface area contributed by atoms with Crippen LogP contribution in [0.25, 0.3) is 0 Å². The maximum atomic E-state index is 12.5. The highest BCUT2D eigenvalue weighted by molar-refractivity contribution is 5.79. The Balaban J connectivity index is 1.66. The molecule has 0 saturated carbocycles. The first-order chi connectivity index (χ1) is 14.9. The van der Waals surface area contributed by atoms with Gasteiger partial charge in [-0.05, 0) is 48.7 Å². The Bertz CT molecular complexity index is 1140. The SMILES string of the molecule is COc1cccc(CNc2c[nH]c(=O)c(CC(=O)NCc3ccc(N)nc3C)c2C)c1. The Kier molecular flexibility index (Phi) is 6.92. The fraction of sp³-hybridized carbons (Fsp3) is 0.261. The number of hydrogen-bond acceptors (Lipinski definition) is 6. The van der Waals surface area contributed by atoms with Crippen molar-refractivity contribution >= 4 is 17.4 Å². The molecule has 31 heavy (non-hydrogen) atoms. The molecule has 5 N–H and O–H groups in total. The van der Waals surface area contributed by atoms with Gasteiger partial charge in [0.15, 0.2) is 0 Å². The number of rotatable bonds is 8. The molecule has 0 aliphatic heterocycles. The molecule has 3 rings (SSSR count). The number of aromatic nitrogens is 2. The molecule has 0 spiro atoms. The van der Waals surface area contributed by atoms with Gasteiger partial charge in [-0.1, -0.05) is 18.2 Å². The summed E-state index contributed by atoms with van der Waals surface area (Å²) in [6.45, 7) is 4.55. The van der Waals surface area contributed by atoms with Gasteiger partial charge in [-0.15, -0.1) is 0 Å². The van der Waals surface area contributed by atoms with Crippen molar-refractivity contribution in [2.45, 2.75) is 33.4 Å². The summed E-state index contributed by atoms with van der Waals surface area (Å²) < 4.78 is 5.25. The van der Waals surface area contributed by atoms with Gasteiger partial charge in [-0.3, -0.25) is 9.59 Å². The lowest BCUT2D eigenvalue weighted by Crippen LogP contribution is -2.28. The largest absolute Gasteiger partial charge is 0.497 e. The molecule has 0 aliphatic carbocycles. The number of benzene rings is 1. The summed E-state index contributed by atoms with van der Waals surface area (Å²) in [6, 6.07) is 11.3. The van der Waals surface area contributed by atoms with Gasteiger partial charge in [0.05, 0.1) is 19.2 Å². The number of nitrogens with zero attached hydrogens (tertiary/aromatic N) is 1. The maximum Gasteiger partial charge on any atom is 0.252 e. The minimum atomic E-state index is -0.273.